The average Bonchev–Trinajstić information content (AvgIpc) is 3.23. The lowest BCUT2D eigenvalue weighted by Crippen LogP contribution is -2.39. The summed E-state index contributed by atoms with van der Waals surface area (Å²) < 4.78 is 25.6. The standard InChI is InChI=1S/C21H24FN5O3/c1-4-30-11-7-10-25-14(2)12-26-17-18(23-20(25)26)24(3)21(29)27(19(17)28)13-15-8-5-6-9-16(15)22/h5-6,8-9,12H,4,7,10-11,13H2,1-3H3. The third-order valence-corrected chi connectivity index (χ3v) is 5.30. The first-order chi connectivity index (χ1) is 14.4. The van der Waals surface area contributed by atoms with Gasteiger partial charge in [0.2, 0.25) is 5.78 Å². The third-order valence-electron chi connectivity index (χ3n) is 5.30. The molecule has 1 aromatic carbocycles. The molecule has 4 rings (SSSR count). The molecular formula is C21H24FN5O3. The van der Waals surface area contributed by atoms with Gasteiger partial charge >= 0.3 is 5.69 Å². The minimum absolute atomic E-state index is 0.143. The Labute approximate surface area is 171 Å². The first kappa shape index (κ1) is 20.1. The molecule has 0 aliphatic heterocycles. The first-order valence-corrected chi connectivity index (χ1v) is 9.93. The molecule has 4 aromatic rings. The second kappa shape index (κ2) is 7.91. The van der Waals surface area contributed by atoms with Crippen molar-refractivity contribution in [3.63, 3.8) is 0 Å². The zero-order valence-corrected chi connectivity index (χ0v) is 17.3. The number of rotatable bonds is 7. The molecule has 0 fully saturated rings. The van der Waals surface area contributed by atoms with E-state index in [1.807, 2.05) is 24.6 Å². The van der Waals surface area contributed by atoms with Gasteiger partial charge in [-0.05, 0) is 26.3 Å². The fourth-order valence-corrected chi connectivity index (χ4v) is 3.74. The summed E-state index contributed by atoms with van der Waals surface area (Å²) in [6.45, 7) is 5.73. The van der Waals surface area contributed by atoms with Crippen LogP contribution in [0.3, 0.4) is 0 Å². The summed E-state index contributed by atoms with van der Waals surface area (Å²) in [6, 6.07) is 6.12. The molecule has 0 unspecified atom stereocenters. The van der Waals surface area contributed by atoms with Crippen molar-refractivity contribution in [3.05, 3.63) is 68.4 Å². The summed E-state index contributed by atoms with van der Waals surface area (Å²) in [5.41, 5.74) is 0.816. The van der Waals surface area contributed by atoms with E-state index in [1.165, 1.54) is 10.6 Å². The predicted molar refractivity (Wildman–Crippen MR) is 112 cm³/mol. The fourth-order valence-electron chi connectivity index (χ4n) is 3.74. The van der Waals surface area contributed by atoms with Gasteiger partial charge in [0.15, 0.2) is 11.2 Å². The molecule has 8 nitrogen and oxygen atoms in total. The Bertz CT molecular complexity index is 1340. The minimum atomic E-state index is -0.531. The summed E-state index contributed by atoms with van der Waals surface area (Å²) in [5, 5.41) is 0. The van der Waals surface area contributed by atoms with Gasteiger partial charge in [-0.2, -0.15) is 4.98 Å². The summed E-state index contributed by atoms with van der Waals surface area (Å²) in [4.78, 5) is 30.7. The Morgan fingerprint density at radius 3 is 2.67 bits per heavy atom. The number of benzene rings is 1. The van der Waals surface area contributed by atoms with Gasteiger partial charge < -0.3 is 9.30 Å². The second-order valence-corrected chi connectivity index (χ2v) is 7.25. The molecule has 3 heterocycles. The largest absolute Gasteiger partial charge is 0.382 e. The van der Waals surface area contributed by atoms with Gasteiger partial charge in [-0.3, -0.25) is 18.3 Å². The highest BCUT2D eigenvalue weighted by molar-refractivity contribution is 5.75. The number of hydrogen-bond donors (Lipinski definition) is 0. The topological polar surface area (TPSA) is 75.5 Å². The summed E-state index contributed by atoms with van der Waals surface area (Å²) in [5.74, 6) is 0.135. The Balaban J connectivity index is 1.87. The normalized spacial score (nSPS) is 11.7. The van der Waals surface area contributed by atoms with E-state index < -0.39 is 17.1 Å². The van der Waals surface area contributed by atoms with Crippen molar-refractivity contribution in [1.29, 1.82) is 0 Å². The molecule has 0 atom stereocenters. The lowest BCUT2D eigenvalue weighted by molar-refractivity contribution is 0.142. The van der Waals surface area contributed by atoms with Gasteiger partial charge in [0.1, 0.15) is 5.82 Å². The number of imidazole rings is 2. The van der Waals surface area contributed by atoms with E-state index in [2.05, 4.69) is 4.98 Å². The predicted octanol–water partition coefficient (Wildman–Crippen LogP) is 2.07. The van der Waals surface area contributed by atoms with E-state index in [4.69, 9.17) is 4.74 Å². The molecule has 0 amide bonds. The van der Waals surface area contributed by atoms with Gasteiger partial charge in [-0.15, -0.1) is 0 Å². The smallest absolute Gasteiger partial charge is 0.332 e. The third kappa shape index (κ3) is 3.24. The van der Waals surface area contributed by atoms with Crippen LogP contribution in [0.15, 0.2) is 40.1 Å². The molecule has 158 valence electrons. The highest BCUT2D eigenvalue weighted by Gasteiger charge is 2.20. The fraction of sp³-hybridized carbons (Fsp3) is 0.381. The van der Waals surface area contributed by atoms with Crippen LogP contribution in [0.1, 0.15) is 24.6 Å². The zero-order chi connectivity index (χ0) is 21.4. The molecule has 30 heavy (non-hydrogen) atoms. The summed E-state index contributed by atoms with van der Waals surface area (Å²) >= 11 is 0. The van der Waals surface area contributed by atoms with Crippen LogP contribution in [0.4, 0.5) is 4.39 Å². The molecule has 3 aromatic heterocycles. The average molecular weight is 413 g/mol. The van der Waals surface area contributed by atoms with Crippen molar-refractivity contribution < 1.29 is 9.13 Å². The molecular weight excluding hydrogens is 389 g/mol. The van der Waals surface area contributed by atoms with E-state index in [0.29, 0.717) is 36.7 Å². The van der Waals surface area contributed by atoms with Gasteiger partial charge in [-0.1, -0.05) is 18.2 Å². The Morgan fingerprint density at radius 1 is 1.17 bits per heavy atom. The van der Waals surface area contributed by atoms with Crippen molar-refractivity contribution in [2.24, 2.45) is 7.05 Å². The number of ether oxygens (including phenoxy) is 1. The van der Waals surface area contributed by atoms with Crippen LogP contribution >= 0.6 is 0 Å². The second-order valence-electron chi connectivity index (χ2n) is 7.25. The summed E-state index contributed by atoms with van der Waals surface area (Å²) in [7, 11) is 1.57. The van der Waals surface area contributed by atoms with Crippen LogP contribution in [-0.4, -0.2) is 36.3 Å². The summed E-state index contributed by atoms with van der Waals surface area (Å²) in [6.07, 6.45) is 2.64. The van der Waals surface area contributed by atoms with Crippen LogP contribution in [0, 0.1) is 12.7 Å². The molecule has 0 spiro atoms. The Hall–Kier alpha value is -3.20. The van der Waals surface area contributed by atoms with Crippen molar-refractivity contribution >= 4 is 16.9 Å². The van der Waals surface area contributed by atoms with E-state index in [-0.39, 0.29) is 12.1 Å². The highest BCUT2D eigenvalue weighted by Crippen LogP contribution is 2.17. The van der Waals surface area contributed by atoms with E-state index in [1.54, 1.807) is 29.6 Å². The molecule has 0 saturated heterocycles. The van der Waals surface area contributed by atoms with Crippen molar-refractivity contribution in [2.75, 3.05) is 13.2 Å². The number of aryl methyl sites for hydroxylation is 3. The maximum absolute atomic E-state index is 14.1. The van der Waals surface area contributed by atoms with Crippen molar-refractivity contribution in [3.8, 4) is 0 Å². The molecule has 0 aliphatic carbocycles. The number of fused-ring (bicyclic) bond motifs is 3. The van der Waals surface area contributed by atoms with E-state index in [0.717, 1.165) is 16.7 Å². The monoisotopic (exact) mass is 413 g/mol. The lowest BCUT2D eigenvalue weighted by atomic mass is 10.2. The molecule has 0 saturated carbocycles. The van der Waals surface area contributed by atoms with E-state index in [9.17, 15) is 14.0 Å². The van der Waals surface area contributed by atoms with Crippen LogP contribution in [-0.2, 0) is 24.9 Å². The van der Waals surface area contributed by atoms with Crippen LogP contribution in [0.2, 0.25) is 0 Å². The maximum atomic E-state index is 14.1. The molecule has 0 aliphatic rings. The Morgan fingerprint density at radius 2 is 1.93 bits per heavy atom. The number of aromatic nitrogens is 5. The quantitative estimate of drug-likeness (QED) is 0.435. The van der Waals surface area contributed by atoms with Gasteiger partial charge in [-0.25, -0.2) is 9.18 Å². The Kier molecular flexibility index (Phi) is 5.29. The number of nitrogens with zero attached hydrogens (tertiary/aromatic N) is 5. The van der Waals surface area contributed by atoms with Gasteiger partial charge in [0.25, 0.3) is 5.56 Å². The molecule has 9 heteroatoms. The number of halogens is 1. The van der Waals surface area contributed by atoms with Gasteiger partial charge in [0, 0.05) is 44.3 Å². The zero-order valence-electron chi connectivity index (χ0n) is 17.3. The lowest BCUT2D eigenvalue weighted by Gasteiger charge is -2.09. The first-order valence-electron chi connectivity index (χ1n) is 9.93. The van der Waals surface area contributed by atoms with Crippen LogP contribution in [0.5, 0.6) is 0 Å². The highest BCUT2D eigenvalue weighted by atomic mass is 19.1. The maximum Gasteiger partial charge on any atom is 0.332 e. The molecule has 0 radical (unpaired) electrons. The van der Waals surface area contributed by atoms with Gasteiger partial charge in [0.05, 0.1) is 6.54 Å². The van der Waals surface area contributed by atoms with Crippen LogP contribution < -0.4 is 11.2 Å². The van der Waals surface area contributed by atoms with E-state index >= 15 is 0 Å². The molecule has 0 N–H and O–H groups in total. The van der Waals surface area contributed by atoms with Crippen LogP contribution in [0.25, 0.3) is 16.9 Å². The van der Waals surface area contributed by atoms with Crippen molar-refractivity contribution in [1.82, 2.24) is 23.1 Å². The number of hydrogen-bond acceptors (Lipinski definition) is 4. The van der Waals surface area contributed by atoms with Crippen molar-refractivity contribution in [2.45, 2.75) is 33.4 Å². The molecule has 0 bridgehead atoms. The minimum Gasteiger partial charge on any atom is -0.382 e. The SMILES string of the molecule is CCOCCCn1c(C)cn2c3c(=O)n(Cc4ccccc4F)c(=O)n(C)c3nc12.